The number of carbonyl (C=O) groups excluding carboxylic acids is 1. The number of unbranched alkanes of at least 4 members (excludes halogenated alkanes) is 1. The van der Waals surface area contributed by atoms with Gasteiger partial charge in [-0.1, -0.05) is 55.8 Å². The average molecular weight is 447 g/mol. The Labute approximate surface area is 194 Å². The molecule has 0 fully saturated rings. The van der Waals surface area contributed by atoms with Gasteiger partial charge in [0.25, 0.3) is 5.56 Å². The number of esters is 1. The molecular weight excluding hydrogens is 416 g/mol. The Morgan fingerprint density at radius 2 is 1.94 bits per heavy atom. The number of carbonyl (C=O) groups is 1. The molecule has 0 amide bonds. The van der Waals surface area contributed by atoms with Crippen LogP contribution < -0.4 is 5.56 Å². The SMILES string of the molecule is CCCCc1nc(N=CN(C)C)[nH]c(=O)c1Cc1ccc(-c2ccccc2)c(C(=O)OC)c1. The number of hydrogen-bond donors (Lipinski definition) is 1. The number of methoxy groups -OCH3 is 1. The van der Waals surface area contributed by atoms with Crippen LogP contribution in [0, 0.1) is 0 Å². The van der Waals surface area contributed by atoms with Crippen molar-refractivity contribution >= 4 is 18.3 Å². The second-order valence-electron chi connectivity index (χ2n) is 8.04. The predicted octanol–water partition coefficient (Wildman–Crippen LogP) is 4.38. The van der Waals surface area contributed by atoms with Crippen LogP contribution >= 0.6 is 0 Å². The molecule has 172 valence electrons. The Balaban J connectivity index is 2.02. The molecule has 0 spiro atoms. The van der Waals surface area contributed by atoms with Crippen molar-refractivity contribution in [1.29, 1.82) is 0 Å². The summed E-state index contributed by atoms with van der Waals surface area (Å²) in [5.74, 6) is -0.124. The molecule has 7 nitrogen and oxygen atoms in total. The molecule has 0 aliphatic heterocycles. The number of ether oxygens (including phenoxy) is 1. The zero-order valence-electron chi connectivity index (χ0n) is 19.6. The summed E-state index contributed by atoms with van der Waals surface area (Å²) in [5, 5.41) is 0. The van der Waals surface area contributed by atoms with E-state index in [1.54, 1.807) is 17.3 Å². The van der Waals surface area contributed by atoms with Gasteiger partial charge < -0.3 is 9.64 Å². The summed E-state index contributed by atoms with van der Waals surface area (Å²) in [6.45, 7) is 2.10. The lowest BCUT2D eigenvalue weighted by Crippen LogP contribution is -2.19. The van der Waals surface area contributed by atoms with E-state index in [1.807, 2.05) is 56.6 Å². The molecule has 0 unspecified atom stereocenters. The van der Waals surface area contributed by atoms with Crippen LogP contribution in [-0.2, 0) is 17.6 Å². The van der Waals surface area contributed by atoms with E-state index < -0.39 is 5.97 Å². The van der Waals surface area contributed by atoms with E-state index in [-0.39, 0.29) is 5.56 Å². The normalized spacial score (nSPS) is 11.0. The second kappa shape index (κ2) is 11.2. The highest BCUT2D eigenvalue weighted by atomic mass is 16.5. The highest BCUT2D eigenvalue weighted by Gasteiger charge is 2.17. The predicted molar refractivity (Wildman–Crippen MR) is 131 cm³/mol. The summed E-state index contributed by atoms with van der Waals surface area (Å²) < 4.78 is 5.03. The van der Waals surface area contributed by atoms with Gasteiger partial charge in [-0.15, -0.1) is 0 Å². The van der Waals surface area contributed by atoms with Gasteiger partial charge in [-0.3, -0.25) is 9.78 Å². The molecule has 3 aromatic rings. The Kier molecular flexibility index (Phi) is 8.13. The molecule has 0 aliphatic carbocycles. The number of H-pyrrole nitrogens is 1. The lowest BCUT2D eigenvalue weighted by molar-refractivity contribution is 0.0601. The number of aromatic nitrogens is 2. The van der Waals surface area contributed by atoms with Gasteiger partial charge in [-0.2, -0.15) is 0 Å². The summed E-state index contributed by atoms with van der Waals surface area (Å²) in [7, 11) is 5.08. The molecule has 1 N–H and O–H groups in total. The fourth-order valence-corrected chi connectivity index (χ4v) is 3.55. The Hall–Kier alpha value is -3.74. The molecule has 0 saturated heterocycles. The lowest BCUT2D eigenvalue weighted by Gasteiger charge is -2.13. The van der Waals surface area contributed by atoms with Crippen LogP contribution in [-0.4, -0.2) is 48.4 Å². The maximum atomic E-state index is 13.0. The molecule has 7 heteroatoms. The molecule has 1 heterocycles. The first kappa shape index (κ1) is 23.9. The zero-order chi connectivity index (χ0) is 23.8. The third-order valence-corrected chi connectivity index (χ3v) is 5.22. The fourth-order valence-electron chi connectivity index (χ4n) is 3.55. The summed E-state index contributed by atoms with van der Waals surface area (Å²) in [6.07, 6.45) is 4.56. The fraction of sp³-hybridized carbons (Fsp3) is 0.308. The van der Waals surface area contributed by atoms with E-state index in [0.717, 1.165) is 35.2 Å². The third-order valence-electron chi connectivity index (χ3n) is 5.22. The van der Waals surface area contributed by atoms with E-state index in [2.05, 4.69) is 21.9 Å². The van der Waals surface area contributed by atoms with Crippen molar-refractivity contribution in [2.24, 2.45) is 4.99 Å². The van der Waals surface area contributed by atoms with Crippen LogP contribution in [0.2, 0.25) is 0 Å². The van der Waals surface area contributed by atoms with Crippen molar-refractivity contribution < 1.29 is 9.53 Å². The molecule has 0 radical (unpaired) electrons. The number of aliphatic imine (C=N–C) groups is 1. The van der Waals surface area contributed by atoms with Crippen molar-refractivity contribution in [3.63, 3.8) is 0 Å². The van der Waals surface area contributed by atoms with Gasteiger partial charge in [-0.25, -0.2) is 14.8 Å². The van der Waals surface area contributed by atoms with E-state index >= 15 is 0 Å². The van der Waals surface area contributed by atoms with Gasteiger partial charge in [0.2, 0.25) is 5.95 Å². The van der Waals surface area contributed by atoms with Gasteiger partial charge in [-0.05, 0) is 35.6 Å². The first-order valence-corrected chi connectivity index (χ1v) is 11.0. The smallest absolute Gasteiger partial charge is 0.338 e. The van der Waals surface area contributed by atoms with Gasteiger partial charge in [0.05, 0.1) is 24.7 Å². The van der Waals surface area contributed by atoms with Crippen molar-refractivity contribution in [1.82, 2.24) is 14.9 Å². The minimum absolute atomic E-state index is 0.214. The Morgan fingerprint density at radius 3 is 2.61 bits per heavy atom. The maximum Gasteiger partial charge on any atom is 0.338 e. The average Bonchev–Trinajstić information content (AvgIpc) is 2.83. The molecule has 0 aliphatic rings. The molecule has 0 bridgehead atoms. The van der Waals surface area contributed by atoms with Crippen LogP contribution in [0.15, 0.2) is 58.3 Å². The van der Waals surface area contributed by atoms with E-state index in [1.165, 1.54) is 7.11 Å². The van der Waals surface area contributed by atoms with E-state index in [4.69, 9.17) is 4.74 Å². The molecule has 0 atom stereocenters. The van der Waals surface area contributed by atoms with Crippen molar-refractivity contribution in [2.75, 3.05) is 21.2 Å². The number of aryl methyl sites for hydroxylation is 1. The summed E-state index contributed by atoms with van der Waals surface area (Å²) in [4.78, 5) is 38.9. The maximum absolute atomic E-state index is 13.0. The number of rotatable bonds is 9. The molecule has 3 rings (SSSR count). The quantitative estimate of drug-likeness (QED) is 0.299. The Bertz CT molecular complexity index is 1180. The number of nitrogens with zero attached hydrogens (tertiary/aromatic N) is 3. The van der Waals surface area contributed by atoms with Gasteiger partial charge in [0.1, 0.15) is 0 Å². The topological polar surface area (TPSA) is 87.7 Å². The van der Waals surface area contributed by atoms with Crippen molar-refractivity contribution in [3.8, 4) is 11.1 Å². The molecule has 2 aromatic carbocycles. The van der Waals surface area contributed by atoms with Crippen LogP contribution in [0.1, 0.15) is 46.9 Å². The number of benzene rings is 2. The van der Waals surface area contributed by atoms with Crippen LogP contribution in [0.3, 0.4) is 0 Å². The van der Waals surface area contributed by atoms with Crippen LogP contribution in [0.4, 0.5) is 5.95 Å². The summed E-state index contributed by atoms with van der Waals surface area (Å²) in [6, 6.07) is 15.3. The lowest BCUT2D eigenvalue weighted by atomic mass is 9.94. The zero-order valence-corrected chi connectivity index (χ0v) is 19.6. The standard InChI is InChI=1S/C26H30N4O3/c1-5-6-12-23-22(24(31)29-26(28-23)27-17-30(2)3)16-18-13-14-20(19-10-8-7-9-11-19)21(15-18)25(32)33-4/h7-11,13-15,17H,5-6,12,16H2,1-4H3,(H,28,29,31). The van der Waals surface area contributed by atoms with E-state index in [0.29, 0.717) is 29.9 Å². The number of hydrogen-bond acceptors (Lipinski definition) is 5. The molecule has 0 saturated carbocycles. The number of aromatic amines is 1. The molecule has 1 aromatic heterocycles. The van der Waals surface area contributed by atoms with Crippen LogP contribution in [0.25, 0.3) is 11.1 Å². The molecule has 33 heavy (non-hydrogen) atoms. The number of nitrogens with one attached hydrogen (secondary N) is 1. The third kappa shape index (κ3) is 6.16. The van der Waals surface area contributed by atoms with E-state index in [9.17, 15) is 9.59 Å². The highest BCUT2D eigenvalue weighted by Crippen LogP contribution is 2.26. The molecular formula is C26H30N4O3. The minimum atomic E-state index is -0.415. The second-order valence-corrected chi connectivity index (χ2v) is 8.04. The van der Waals surface area contributed by atoms with Crippen molar-refractivity contribution in [2.45, 2.75) is 32.6 Å². The summed E-state index contributed by atoms with van der Waals surface area (Å²) in [5.41, 5.74) is 4.13. The van der Waals surface area contributed by atoms with Gasteiger partial charge in [0.15, 0.2) is 0 Å². The van der Waals surface area contributed by atoms with Crippen LogP contribution in [0.5, 0.6) is 0 Å². The first-order chi connectivity index (χ1) is 15.9. The minimum Gasteiger partial charge on any atom is -0.465 e. The highest BCUT2D eigenvalue weighted by molar-refractivity contribution is 5.97. The monoisotopic (exact) mass is 446 g/mol. The summed E-state index contributed by atoms with van der Waals surface area (Å²) >= 11 is 0. The largest absolute Gasteiger partial charge is 0.465 e. The van der Waals surface area contributed by atoms with Gasteiger partial charge in [0, 0.05) is 26.1 Å². The van der Waals surface area contributed by atoms with Crippen molar-refractivity contribution in [3.05, 3.63) is 81.3 Å². The van der Waals surface area contributed by atoms with Gasteiger partial charge >= 0.3 is 5.97 Å². The first-order valence-electron chi connectivity index (χ1n) is 11.0. The Morgan fingerprint density at radius 1 is 1.18 bits per heavy atom.